The van der Waals surface area contributed by atoms with Crippen molar-refractivity contribution in [3.63, 3.8) is 0 Å². The Kier molecular flexibility index (Phi) is 5.49. The van der Waals surface area contributed by atoms with Gasteiger partial charge in [0.15, 0.2) is 0 Å². The van der Waals surface area contributed by atoms with Crippen LogP contribution in [0.1, 0.15) is 18.9 Å². The third kappa shape index (κ3) is 5.36. The summed E-state index contributed by atoms with van der Waals surface area (Å²) in [6.45, 7) is 4.43. The zero-order chi connectivity index (χ0) is 12.7. The standard InChI is InChI=1S/C13H19NO3/c1-3-17-13(16)8-12(15)9-14-11-6-4-5-10(2)7-11/h4-7,12,14-15H,3,8-9H2,1-2H3. The highest BCUT2D eigenvalue weighted by atomic mass is 16.5. The summed E-state index contributed by atoms with van der Waals surface area (Å²) < 4.78 is 4.76. The summed E-state index contributed by atoms with van der Waals surface area (Å²) in [5, 5.41) is 12.7. The highest BCUT2D eigenvalue weighted by molar-refractivity contribution is 5.70. The molecule has 0 aliphatic rings. The van der Waals surface area contributed by atoms with Crippen molar-refractivity contribution in [1.82, 2.24) is 0 Å². The van der Waals surface area contributed by atoms with E-state index in [-0.39, 0.29) is 12.4 Å². The largest absolute Gasteiger partial charge is 0.466 e. The van der Waals surface area contributed by atoms with Crippen LogP contribution >= 0.6 is 0 Å². The smallest absolute Gasteiger partial charge is 0.308 e. The molecule has 0 aliphatic carbocycles. The molecule has 0 amide bonds. The van der Waals surface area contributed by atoms with E-state index in [1.807, 2.05) is 31.2 Å². The lowest BCUT2D eigenvalue weighted by Gasteiger charge is -2.12. The van der Waals surface area contributed by atoms with Gasteiger partial charge >= 0.3 is 5.97 Å². The lowest BCUT2D eigenvalue weighted by molar-refractivity contribution is -0.145. The van der Waals surface area contributed by atoms with Crippen LogP contribution in [-0.4, -0.2) is 30.3 Å². The van der Waals surface area contributed by atoms with Gasteiger partial charge in [-0.1, -0.05) is 12.1 Å². The molecule has 1 rings (SSSR count). The molecule has 0 bridgehead atoms. The molecule has 1 unspecified atom stereocenters. The summed E-state index contributed by atoms with van der Waals surface area (Å²) in [6, 6.07) is 7.84. The summed E-state index contributed by atoms with van der Waals surface area (Å²) in [5.74, 6) is -0.369. The second-order valence-electron chi connectivity index (χ2n) is 3.91. The molecule has 4 heteroatoms. The van der Waals surface area contributed by atoms with E-state index in [4.69, 9.17) is 4.74 Å². The summed E-state index contributed by atoms with van der Waals surface area (Å²) in [4.78, 5) is 11.1. The first-order chi connectivity index (χ1) is 8.11. The number of aliphatic hydroxyl groups is 1. The van der Waals surface area contributed by atoms with E-state index in [0.29, 0.717) is 13.2 Å². The Morgan fingerprint density at radius 3 is 2.94 bits per heavy atom. The maximum absolute atomic E-state index is 11.1. The lowest BCUT2D eigenvalue weighted by Crippen LogP contribution is -2.23. The maximum atomic E-state index is 11.1. The quantitative estimate of drug-likeness (QED) is 0.740. The van der Waals surface area contributed by atoms with E-state index in [0.717, 1.165) is 11.3 Å². The van der Waals surface area contributed by atoms with Gasteiger partial charge < -0.3 is 15.2 Å². The summed E-state index contributed by atoms with van der Waals surface area (Å²) in [6.07, 6.45) is -0.707. The molecule has 1 aromatic rings. The molecule has 94 valence electrons. The van der Waals surface area contributed by atoms with Gasteiger partial charge in [-0.2, -0.15) is 0 Å². The summed E-state index contributed by atoms with van der Waals surface area (Å²) >= 11 is 0. The fraction of sp³-hybridized carbons (Fsp3) is 0.462. The monoisotopic (exact) mass is 237 g/mol. The van der Waals surface area contributed by atoms with E-state index in [9.17, 15) is 9.90 Å². The molecule has 0 saturated carbocycles. The molecule has 0 aliphatic heterocycles. The number of aliphatic hydroxyl groups excluding tert-OH is 1. The minimum atomic E-state index is -0.727. The van der Waals surface area contributed by atoms with Crippen molar-refractivity contribution in [3.8, 4) is 0 Å². The number of anilines is 1. The first-order valence-corrected chi connectivity index (χ1v) is 5.76. The van der Waals surface area contributed by atoms with Crippen LogP contribution in [0.3, 0.4) is 0 Å². The van der Waals surface area contributed by atoms with Crippen molar-refractivity contribution in [2.75, 3.05) is 18.5 Å². The van der Waals surface area contributed by atoms with Crippen molar-refractivity contribution < 1.29 is 14.6 Å². The van der Waals surface area contributed by atoms with Gasteiger partial charge in [0.25, 0.3) is 0 Å². The van der Waals surface area contributed by atoms with Crippen LogP contribution in [-0.2, 0) is 9.53 Å². The number of aryl methyl sites for hydroxylation is 1. The molecule has 0 spiro atoms. The molecule has 1 aromatic carbocycles. The Labute approximate surface area is 102 Å². The van der Waals surface area contributed by atoms with Gasteiger partial charge in [0.2, 0.25) is 0 Å². The summed E-state index contributed by atoms with van der Waals surface area (Å²) in [5.41, 5.74) is 2.09. The molecule has 0 radical (unpaired) electrons. The second kappa shape index (κ2) is 6.91. The van der Waals surface area contributed by atoms with E-state index < -0.39 is 6.10 Å². The summed E-state index contributed by atoms with van der Waals surface area (Å²) in [7, 11) is 0. The average Bonchev–Trinajstić information content (AvgIpc) is 2.27. The maximum Gasteiger partial charge on any atom is 0.308 e. The van der Waals surface area contributed by atoms with Crippen LogP contribution in [0.2, 0.25) is 0 Å². The highest BCUT2D eigenvalue weighted by Crippen LogP contribution is 2.09. The number of carbonyl (C=O) groups is 1. The Balaban J connectivity index is 2.33. The second-order valence-corrected chi connectivity index (χ2v) is 3.91. The SMILES string of the molecule is CCOC(=O)CC(O)CNc1cccc(C)c1. The first kappa shape index (κ1) is 13.5. The molecule has 1 atom stereocenters. The van der Waals surface area contributed by atoms with Gasteiger partial charge in [-0.15, -0.1) is 0 Å². The fourth-order valence-electron chi connectivity index (χ4n) is 1.48. The first-order valence-electron chi connectivity index (χ1n) is 5.76. The number of esters is 1. The molecular formula is C13H19NO3. The van der Waals surface area contributed by atoms with Crippen LogP contribution in [0.4, 0.5) is 5.69 Å². The Morgan fingerprint density at radius 2 is 2.29 bits per heavy atom. The molecule has 0 heterocycles. The molecule has 0 aromatic heterocycles. The molecule has 0 saturated heterocycles. The van der Waals surface area contributed by atoms with Gasteiger partial charge in [0.05, 0.1) is 19.1 Å². The third-order valence-corrected chi connectivity index (χ3v) is 2.27. The predicted octanol–water partition coefficient (Wildman–Crippen LogP) is 1.72. The van der Waals surface area contributed by atoms with Gasteiger partial charge in [-0.3, -0.25) is 4.79 Å². The molecule has 0 fully saturated rings. The lowest BCUT2D eigenvalue weighted by atomic mass is 10.2. The Bertz CT molecular complexity index is 365. The zero-order valence-corrected chi connectivity index (χ0v) is 10.3. The number of nitrogens with one attached hydrogen (secondary N) is 1. The minimum absolute atomic E-state index is 0.0205. The van der Waals surface area contributed by atoms with E-state index in [1.165, 1.54) is 0 Å². The fourth-order valence-corrected chi connectivity index (χ4v) is 1.48. The third-order valence-electron chi connectivity index (χ3n) is 2.27. The number of rotatable bonds is 6. The van der Waals surface area contributed by atoms with E-state index in [1.54, 1.807) is 6.92 Å². The molecular weight excluding hydrogens is 218 g/mol. The van der Waals surface area contributed by atoms with Crippen LogP contribution in [0, 0.1) is 6.92 Å². The van der Waals surface area contributed by atoms with Crippen molar-refractivity contribution >= 4 is 11.7 Å². The van der Waals surface area contributed by atoms with Crippen LogP contribution < -0.4 is 5.32 Å². The topological polar surface area (TPSA) is 58.6 Å². The number of carbonyl (C=O) groups excluding carboxylic acids is 1. The van der Waals surface area contributed by atoms with Gasteiger partial charge in [-0.05, 0) is 31.5 Å². The van der Waals surface area contributed by atoms with Crippen LogP contribution in [0.15, 0.2) is 24.3 Å². The van der Waals surface area contributed by atoms with Crippen molar-refractivity contribution in [2.45, 2.75) is 26.4 Å². The van der Waals surface area contributed by atoms with Gasteiger partial charge in [0.1, 0.15) is 0 Å². The number of benzene rings is 1. The minimum Gasteiger partial charge on any atom is -0.466 e. The number of hydrogen-bond acceptors (Lipinski definition) is 4. The number of ether oxygens (including phenoxy) is 1. The van der Waals surface area contributed by atoms with E-state index >= 15 is 0 Å². The van der Waals surface area contributed by atoms with Crippen LogP contribution in [0.25, 0.3) is 0 Å². The normalized spacial score (nSPS) is 11.9. The van der Waals surface area contributed by atoms with Gasteiger partial charge in [-0.25, -0.2) is 0 Å². The van der Waals surface area contributed by atoms with Crippen molar-refractivity contribution in [2.24, 2.45) is 0 Å². The Morgan fingerprint density at radius 1 is 1.53 bits per heavy atom. The highest BCUT2D eigenvalue weighted by Gasteiger charge is 2.11. The van der Waals surface area contributed by atoms with Crippen molar-refractivity contribution in [3.05, 3.63) is 29.8 Å². The molecule has 4 nitrogen and oxygen atoms in total. The predicted molar refractivity (Wildman–Crippen MR) is 66.9 cm³/mol. The average molecular weight is 237 g/mol. The van der Waals surface area contributed by atoms with Crippen molar-refractivity contribution in [1.29, 1.82) is 0 Å². The number of hydrogen-bond donors (Lipinski definition) is 2. The Hall–Kier alpha value is -1.55. The zero-order valence-electron chi connectivity index (χ0n) is 10.3. The van der Waals surface area contributed by atoms with Gasteiger partial charge in [0, 0.05) is 12.2 Å². The molecule has 2 N–H and O–H groups in total. The molecule has 17 heavy (non-hydrogen) atoms. The van der Waals surface area contributed by atoms with Crippen LogP contribution in [0.5, 0.6) is 0 Å². The van der Waals surface area contributed by atoms with E-state index in [2.05, 4.69) is 5.32 Å².